The van der Waals surface area contributed by atoms with Gasteiger partial charge in [-0.15, -0.1) is 0 Å². The standard InChI is InChI=1S/C8H8Cl2O5/c1-2-14-8(13)5(11)6-3(9)4(10)7(12)15-6/h5-6,11H,2H2,1H3/t5-,6-/m0/s1. The Kier molecular flexibility index (Phi) is 3.96. The van der Waals surface area contributed by atoms with E-state index >= 15 is 0 Å². The number of carbonyl (C=O) groups is 2. The van der Waals surface area contributed by atoms with Crippen LogP contribution in [0.2, 0.25) is 0 Å². The third-order valence-electron chi connectivity index (χ3n) is 1.69. The minimum atomic E-state index is -1.65. The lowest BCUT2D eigenvalue weighted by Crippen LogP contribution is -2.36. The molecular formula is C8H8Cl2O5. The van der Waals surface area contributed by atoms with E-state index in [-0.39, 0.29) is 16.7 Å². The van der Waals surface area contributed by atoms with Crippen LogP contribution >= 0.6 is 23.2 Å². The van der Waals surface area contributed by atoms with Gasteiger partial charge in [0.25, 0.3) is 0 Å². The molecule has 0 aromatic carbocycles. The molecule has 0 amide bonds. The van der Waals surface area contributed by atoms with E-state index in [1.54, 1.807) is 6.92 Å². The molecule has 1 aliphatic heterocycles. The van der Waals surface area contributed by atoms with Crippen molar-refractivity contribution in [2.24, 2.45) is 0 Å². The van der Waals surface area contributed by atoms with Crippen molar-refractivity contribution >= 4 is 35.1 Å². The van der Waals surface area contributed by atoms with E-state index in [1.807, 2.05) is 0 Å². The van der Waals surface area contributed by atoms with Crippen LogP contribution < -0.4 is 0 Å². The number of halogens is 2. The summed E-state index contributed by atoms with van der Waals surface area (Å²) in [6.07, 6.45) is -2.93. The van der Waals surface area contributed by atoms with E-state index in [2.05, 4.69) is 9.47 Å². The highest BCUT2D eigenvalue weighted by molar-refractivity contribution is 6.48. The average molecular weight is 255 g/mol. The van der Waals surface area contributed by atoms with Gasteiger partial charge in [-0.2, -0.15) is 0 Å². The van der Waals surface area contributed by atoms with E-state index in [9.17, 15) is 14.7 Å². The Morgan fingerprint density at radius 1 is 1.67 bits per heavy atom. The number of hydrogen-bond donors (Lipinski definition) is 1. The highest BCUT2D eigenvalue weighted by Crippen LogP contribution is 2.30. The smallest absolute Gasteiger partial charge is 0.351 e. The third kappa shape index (κ3) is 2.42. The molecule has 0 radical (unpaired) electrons. The summed E-state index contributed by atoms with van der Waals surface area (Å²) in [6.45, 7) is 1.68. The molecule has 0 aromatic heterocycles. The van der Waals surface area contributed by atoms with Crippen LogP contribution in [0.15, 0.2) is 10.1 Å². The molecule has 5 nitrogen and oxygen atoms in total. The Morgan fingerprint density at radius 2 is 2.27 bits per heavy atom. The summed E-state index contributed by atoms with van der Waals surface area (Å²) < 4.78 is 9.12. The number of esters is 2. The van der Waals surface area contributed by atoms with E-state index in [4.69, 9.17) is 23.2 Å². The monoisotopic (exact) mass is 254 g/mol. The molecule has 0 fully saturated rings. The van der Waals surface area contributed by atoms with Crippen LogP contribution in [0.5, 0.6) is 0 Å². The van der Waals surface area contributed by atoms with Gasteiger partial charge in [0.05, 0.1) is 11.6 Å². The Hall–Kier alpha value is -0.780. The van der Waals surface area contributed by atoms with Gasteiger partial charge in [-0.1, -0.05) is 23.2 Å². The number of aliphatic hydroxyl groups excluding tert-OH is 1. The van der Waals surface area contributed by atoms with Crippen molar-refractivity contribution in [2.45, 2.75) is 19.1 Å². The van der Waals surface area contributed by atoms with Crippen molar-refractivity contribution in [3.63, 3.8) is 0 Å². The van der Waals surface area contributed by atoms with E-state index in [0.29, 0.717) is 0 Å². The number of carbonyl (C=O) groups excluding carboxylic acids is 2. The van der Waals surface area contributed by atoms with Crippen LogP contribution in [-0.2, 0) is 19.1 Å². The first kappa shape index (κ1) is 12.3. The van der Waals surface area contributed by atoms with Crippen molar-refractivity contribution in [1.82, 2.24) is 0 Å². The predicted molar refractivity (Wildman–Crippen MR) is 51.3 cm³/mol. The molecule has 0 saturated heterocycles. The zero-order valence-corrected chi connectivity index (χ0v) is 9.21. The molecule has 0 bridgehead atoms. The molecule has 0 spiro atoms. The molecule has 1 N–H and O–H groups in total. The lowest BCUT2D eigenvalue weighted by atomic mass is 10.2. The Labute approximate surface area is 95.5 Å². The maximum Gasteiger partial charge on any atom is 0.351 e. The second-order valence-corrected chi connectivity index (χ2v) is 3.47. The van der Waals surface area contributed by atoms with Crippen LogP contribution in [0.3, 0.4) is 0 Å². The molecule has 1 rings (SSSR count). The van der Waals surface area contributed by atoms with E-state index in [1.165, 1.54) is 0 Å². The average Bonchev–Trinajstić information content (AvgIpc) is 2.45. The maximum absolute atomic E-state index is 11.1. The van der Waals surface area contributed by atoms with Gasteiger partial charge in [0.1, 0.15) is 5.03 Å². The molecule has 1 heterocycles. The van der Waals surface area contributed by atoms with Gasteiger partial charge in [-0.3, -0.25) is 0 Å². The number of rotatable bonds is 3. The van der Waals surface area contributed by atoms with Crippen molar-refractivity contribution < 1.29 is 24.2 Å². The normalized spacial score (nSPS) is 22.7. The lowest BCUT2D eigenvalue weighted by molar-refractivity contribution is -0.162. The molecule has 1 aliphatic rings. The van der Waals surface area contributed by atoms with E-state index < -0.39 is 24.1 Å². The summed E-state index contributed by atoms with van der Waals surface area (Å²) in [5.74, 6) is -1.78. The fourth-order valence-electron chi connectivity index (χ4n) is 0.995. The fourth-order valence-corrected chi connectivity index (χ4v) is 1.39. The Balaban J connectivity index is 2.75. The maximum atomic E-state index is 11.1. The fraction of sp³-hybridized carbons (Fsp3) is 0.500. The highest BCUT2D eigenvalue weighted by atomic mass is 35.5. The second kappa shape index (κ2) is 4.83. The van der Waals surface area contributed by atoms with Crippen LogP contribution in [0.25, 0.3) is 0 Å². The first-order valence-corrected chi connectivity index (χ1v) is 4.85. The molecule has 0 saturated carbocycles. The molecule has 0 unspecified atom stereocenters. The third-order valence-corrected chi connectivity index (χ3v) is 2.55. The first-order valence-electron chi connectivity index (χ1n) is 4.09. The number of ether oxygens (including phenoxy) is 2. The molecular weight excluding hydrogens is 247 g/mol. The van der Waals surface area contributed by atoms with Crippen LogP contribution in [-0.4, -0.2) is 35.9 Å². The number of hydrogen-bond acceptors (Lipinski definition) is 5. The number of aliphatic hydroxyl groups is 1. The summed E-state index contributed by atoms with van der Waals surface area (Å²) >= 11 is 11.0. The summed E-state index contributed by atoms with van der Waals surface area (Å²) in [4.78, 5) is 22.0. The molecule has 2 atom stereocenters. The molecule has 7 heteroatoms. The van der Waals surface area contributed by atoms with Crippen LogP contribution in [0.1, 0.15) is 6.92 Å². The van der Waals surface area contributed by atoms with Gasteiger partial charge < -0.3 is 14.6 Å². The van der Waals surface area contributed by atoms with E-state index in [0.717, 1.165) is 0 Å². The molecule has 0 aliphatic carbocycles. The van der Waals surface area contributed by atoms with Crippen LogP contribution in [0.4, 0.5) is 0 Å². The van der Waals surface area contributed by atoms with Gasteiger partial charge in [-0.05, 0) is 6.92 Å². The molecule has 15 heavy (non-hydrogen) atoms. The van der Waals surface area contributed by atoms with Gasteiger partial charge in [0.2, 0.25) is 0 Å². The molecule has 84 valence electrons. The largest absolute Gasteiger partial charge is 0.464 e. The zero-order valence-electron chi connectivity index (χ0n) is 7.70. The van der Waals surface area contributed by atoms with Crippen molar-refractivity contribution in [3.05, 3.63) is 10.1 Å². The van der Waals surface area contributed by atoms with Crippen molar-refractivity contribution in [1.29, 1.82) is 0 Å². The minimum Gasteiger partial charge on any atom is -0.464 e. The zero-order chi connectivity index (χ0) is 11.6. The summed E-state index contributed by atoms with van der Waals surface area (Å²) in [5.41, 5.74) is 0. The lowest BCUT2D eigenvalue weighted by Gasteiger charge is -2.15. The predicted octanol–water partition coefficient (Wildman–Crippen LogP) is 0.525. The number of cyclic esters (lactones) is 1. The quantitative estimate of drug-likeness (QED) is 0.744. The Bertz CT molecular complexity index is 325. The SMILES string of the molecule is CCOC(=O)[C@@H](O)[C@H]1OC(=O)C(Cl)=C1Cl. The van der Waals surface area contributed by atoms with Gasteiger partial charge in [0, 0.05) is 0 Å². The van der Waals surface area contributed by atoms with Crippen molar-refractivity contribution in [3.8, 4) is 0 Å². The van der Waals surface area contributed by atoms with Gasteiger partial charge in [-0.25, -0.2) is 9.59 Å². The first-order chi connectivity index (χ1) is 6.99. The second-order valence-electron chi connectivity index (χ2n) is 2.68. The van der Waals surface area contributed by atoms with Gasteiger partial charge in [0.15, 0.2) is 12.2 Å². The topological polar surface area (TPSA) is 72.8 Å². The van der Waals surface area contributed by atoms with Gasteiger partial charge >= 0.3 is 11.9 Å². The summed E-state index contributed by atoms with van der Waals surface area (Å²) in [5, 5.41) is 8.90. The highest BCUT2D eigenvalue weighted by Gasteiger charge is 2.41. The molecule has 0 aromatic rings. The summed E-state index contributed by atoms with van der Waals surface area (Å²) in [7, 11) is 0. The minimum absolute atomic E-state index is 0.103. The Morgan fingerprint density at radius 3 is 2.67 bits per heavy atom. The summed E-state index contributed by atoms with van der Waals surface area (Å²) in [6, 6.07) is 0. The van der Waals surface area contributed by atoms with Crippen molar-refractivity contribution in [2.75, 3.05) is 6.61 Å². The van der Waals surface area contributed by atoms with Crippen LogP contribution in [0, 0.1) is 0 Å².